The van der Waals surface area contributed by atoms with Crippen LogP contribution < -0.4 is 0 Å². The minimum absolute atomic E-state index is 0.289. The van der Waals surface area contributed by atoms with Crippen molar-refractivity contribution in [2.45, 2.75) is 111 Å². The summed E-state index contributed by atoms with van der Waals surface area (Å²) in [4.78, 5) is 11.4. The van der Waals surface area contributed by atoms with Crippen LogP contribution >= 0.6 is 0 Å². The van der Waals surface area contributed by atoms with Crippen LogP contribution in [0.15, 0.2) is 12.7 Å². The van der Waals surface area contributed by atoms with Crippen LogP contribution in [-0.4, -0.2) is 43.2 Å². The van der Waals surface area contributed by atoms with Crippen molar-refractivity contribution in [1.29, 1.82) is 0 Å². The number of hydrogen-bond donors (Lipinski definition) is 0. The first-order valence-corrected chi connectivity index (χ1v) is 12.3. The molecular formula is C25H50NO2+. The van der Waals surface area contributed by atoms with E-state index in [2.05, 4.69) is 27.4 Å². The first-order valence-electron chi connectivity index (χ1n) is 12.3. The second-order valence-electron chi connectivity index (χ2n) is 8.50. The van der Waals surface area contributed by atoms with E-state index in [1.807, 2.05) is 0 Å². The molecule has 0 saturated heterocycles. The molecule has 28 heavy (non-hydrogen) atoms. The van der Waals surface area contributed by atoms with Gasteiger partial charge in [0.05, 0.1) is 19.6 Å². The number of rotatable bonds is 21. The summed E-state index contributed by atoms with van der Waals surface area (Å²) in [5.41, 5.74) is 0. The van der Waals surface area contributed by atoms with Crippen molar-refractivity contribution in [2.24, 2.45) is 0 Å². The molecule has 166 valence electrons. The summed E-state index contributed by atoms with van der Waals surface area (Å²) < 4.78 is 6.46. The molecule has 0 radical (unpaired) electrons. The van der Waals surface area contributed by atoms with Crippen molar-refractivity contribution < 1.29 is 14.0 Å². The number of carbonyl (C=O) groups is 1. The Morgan fingerprint density at radius 2 is 1.11 bits per heavy atom. The van der Waals surface area contributed by atoms with Crippen molar-refractivity contribution in [3.63, 3.8) is 0 Å². The molecule has 0 heterocycles. The molecule has 0 rings (SSSR count). The lowest BCUT2D eigenvalue weighted by atomic mass is 10.1. The number of quaternary nitrogens is 1. The molecule has 0 spiro atoms. The summed E-state index contributed by atoms with van der Waals surface area (Å²) in [6.07, 6.45) is 20.1. The standard InChI is InChI=1S/C25H50NO2/c1-5-9-12-13-14-15-16-17-18-19-22-26(20-10-6-2,21-11-7-3)23-24-28-25(27)8-4/h8H,4-7,9-24H2,1-3H3/q+1. The summed E-state index contributed by atoms with van der Waals surface area (Å²) >= 11 is 0. The van der Waals surface area contributed by atoms with Crippen LogP contribution in [0.1, 0.15) is 111 Å². The van der Waals surface area contributed by atoms with Crippen LogP contribution in [0.25, 0.3) is 0 Å². The van der Waals surface area contributed by atoms with Crippen LogP contribution in [0.4, 0.5) is 0 Å². The molecule has 3 nitrogen and oxygen atoms in total. The minimum atomic E-state index is -0.289. The third-order valence-corrected chi connectivity index (χ3v) is 5.93. The lowest BCUT2D eigenvalue weighted by Gasteiger charge is -2.39. The van der Waals surface area contributed by atoms with Crippen molar-refractivity contribution in [3.8, 4) is 0 Å². The van der Waals surface area contributed by atoms with Gasteiger partial charge in [-0.15, -0.1) is 0 Å². The minimum Gasteiger partial charge on any atom is -0.457 e. The first kappa shape index (κ1) is 27.2. The van der Waals surface area contributed by atoms with Gasteiger partial charge in [-0.1, -0.05) is 91.6 Å². The number of esters is 1. The Bertz CT molecular complexity index is 360. The average molecular weight is 397 g/mol. The number of carbonyl (C=O) groups excluding carboxylic acids is 1. The van der Waals surface area contributed by atoms with E-state index in [1.54, 1.807) is 0 Å². The number of ether oxygens (including phenoxy) is 1. The molecule has 0 atom stereocenters. The highest BCUT2D eigenvalue weighted by molar-refractivity contribution is 5.81. The number of hydrogen-bond acceptors (Lipinski definition) is 2. The summed E-state index contributed by atoms with van der Waals surface area (Å²) in [5, 5.41) is 0. The third-order valence-electron chi connectivity index (χ3n) is 5.93. The Kier molecular flexibility index (Phi) is 18.9. The second kappa shape index (κ2) is 19.5. The topological polar surface area (TPSA) is 26.3 Å². The summed E-state index contributed by atoms with van der Waals surface area (Å²) in [6, 6.07) is 0. The molecule has 0 aliphatic rings. The normalized spacial score (nSPS) is 11.5. The summed E-state index contributed by atoms with van der Waals surface area (Å²) in [5.74, 6) is -0.289. The molecule has 3 heteroatoms. The fraction of sp³-hybridized carbons (Fsp3) is 0.880. The molecule has 0 saturated carbocycles. The van der Waals surface area contributed by atoms with Gasteiger partial charge in [0.2, 0.25) is 0 Å². The van der Waals surface area contributed by atoms with Crippen LogP contribution in [0.2, 0.25) is 0 Å². The predicted molar refractivity (Wildman–Crippen MR) is 123 cm³/mol. The van der Waals surface area contributed by atoms with Crippen LogP contribution in [0.3, 0.4) is 0 Å². The van der Waals surface area contributed by atoms with Gasteiger partial charge in [0, 0.05) is 6.08 Å². The van der Waals surface area contributed by atoms with E-state index in [0.29, 0.717) is 6.61 Å². The van der Waals surface area contributed by atoms with E-state index in [1.165, 1.54) is 116 Å². The molecule has 0 N–H and O–H groups in total. The van der Waals surface area contributed by atoms with Gasteiger partial charge < -0.3 is 9.22 Å². The van der Waals surface area contributed by atoms with E-state index in [0.717, 1.165) is 11.0 Å². The van der Waals surface area contributed by atoms with Crippen LogP contribution in [-0.2, 0) is 9.53 Å². The molecule has 0 aromatic carbocycles. The predicted octanol–water partition coefficient (Wildman–Crippen LogP) is 7.05. The monoisotopic (exact) mass is 396 g/mol. The highest BCUT2D eigenvalue weighted by atomic mass is 16.5. The van der Waals surface area contributed by atoms with E-state index < -0.39 is 0 Å². The Balaban J connectivity index is 4.28. The molecular weight excluding hydrogens is 346 g/mol. The van der Waals surface area contributed by atoms with Crippen molar-refractivity contribution in [3.05, 3.63) is 12.7 Å². The smallest absolute Gasteiger partial charge is 0.330 e. The van der Waals surface area contributed by atoms with Gasteiger partial charge >= 0.3 is 5.97 Å². The lowest BCUT2D eigenvalue weighted by Crippen LogP contribution is -2.52. The molecule has 0 bridgehead atoms. The maximum atomic E-state index is 11.4. The van der Waals surface area contributed by atoms with E-state index >= 15 is 0 Å². The number of nitrogens with zero attached hydrogens (tertiary/aromatic N) is 1. The van der Waals surface area contributed by atoms with E-state index in [4.69, 9.17) is 4.74 Å². The molecule has 0 aliphatic heterocycles. The Hall–Kier alpha value is -0.830. The van der Waals surface area contributed by atoms with E-state index in [9.17, 15) is 4.79 Å². The molecule has 0 aliphatic carbocycles. The van der Waals surface area contributed by atoms with Gasteiger partial charge in [-0.2, -0.15) is 0 Å². The van der Waals surface area contributed by atoms with Crippen LogP contribution in [0.5, 0.6) is 0 Å². The van der Waals surface area contributed by atoms with E-state index in [-0.39, 0.29) is 5.97 Å². The van der Waals surface area contributed by atoms with Crippen LogP contribution in [0, 0.1) is 0 Å². The highest BCUT2D eigenvalue weighted by Crippen LogP contribution is 2.17. The molecule has 0 aromatic rings. The van der Waals surface area contributed by atoms with Gasteiger partial charge in [0.25, 0.3) is 0 Å². The van der Waals surface area contributed by atoms with Crippen molar-refractivity contribution >= 4 is 5.97 Å². The first-order chi connectivity index (χ1) is 13.6. The average Bonchev–Trinajstić information content (AvgIpc) is 2.71. The largest absolute Gasteiger partial charge is 0.457 e. The zero-order valence-corrected chi connectivity index (χ0v) is 19.5. The summed E-state index contributed by atoms with van der Waals surface area (Å²) in [6.45, 7) is 15.5. The van der Waals surface area contributed by atoms with Gasteiger partial charge in [0.15, 0.2) is 0 Å². The quantitative estimate of drug-likeness (QED) is 0.0898. The van der Waals surface area contributed by atoms with Gasteiger partial charge in [-0.05, 0) is 25.7 Å². The highest BCUT2D eigenvalue weighted by Gasteiger charge is 2.26. The number of unbranched alkanes of at least 4 members (excludes halogenated alkanes) is 11. The molecule has 0 aromatic heterocycles. The maximum Gasteiger partial charge on any atom is 0.330 e. The van der Waals surface area contributed by atoms with Crippen molar-refractivity contribution in [2.75, 3.05) is 32.8 Å². The third kappa shape index (κ3) is 15.1. The fourth-order valence-electron chi connectivity index (χ4n) is 3.99. The second-order valence-corrected chi connectivity index (χ2v) is 8.50. The summed E-state index contributed by atoms with van der Waals surface area (Å²) in [7, 11) is 0. The Morgan fingerprint density at radius 3 is 1.57 bits per heavy atom. The lowest BCUT2D eigenvalue weighted by molar-refractivity contribution is -0.929. The van der Waals surface area contributed by atoms with Crippen molar-refractivity contribution in [1.82, 2.24) is 0 Å². The fourth-order valence-corrected chi connectivity index (χ4v) is 3.99. The zero-order chi connectivity index (χ0) is 20.9. The molecule has 0 fully saturated rings. The van der Waals surface area contributed by atoms with Gasteiger partial charge in [0.1, 0.15) is 13.2 Å². The zero-order valence-electron chi connectivity index (χ0n) is 19.5. The van der Waals surface area contributed by atoms with Gasteiger partial charge in [-0.3, -0.25) is 0 Å². The molecule has 0 unspecified atom stereocenters. The Labute approximate surface area is 176 Å². The molecule has 0 amide bonds. The SMILES string of the molecule is C=CC(=O)OCC[N+](CCCC)(CCCC)CCCCCCCCCCCC. The maximum absolute atomic E-state index is 11.4. The Morgan fingerprint density at radius 1 is 0.679 bits per heavy atom. The van der Waals surface area contributed by atoms with Gasteiger partial charge in [-0.25, -0.2) is 4.79 Å².